The quantitative estimate of drug-likeness (QED) is 0.813. The summed E-state index contributed by atoms with van der Waals surface area (Å²) < 4.78 is 0. The highest BCUT2D eigenvalue weighted by atomic mass is 15.3. The summed E-state index contributed by atoms with van der Waals surface area (Å²) in [5.41, 5.74) is 0.356. The largest absolute Gasteiger partial charge is 0.311 e. The van der Waals surface area contributed by atoms with E-state index in [9.17, 15) is 0 Å². The molecule has 0 radical (unpaired) electrons. The number of hydrogen-bond donors (Lipinski definition) is 1. The van der Waals surface area contributed by atoms with Crippen LogP contribution in [0.2, 0.25) is 0 Å². The average Bonchev–Trinajstić information content (AvgIpc) is 2.33. The van der Waals surface area contributed by atoms with E-state index < -0.39 is 0 Å². The first-order valence-electron chi connectivity index (χ1n) is 8.24. The third kappa shape index (κ3) is 5.07. The van der Waals surface area contributed by atoms with Gasteiger partial charge in [-0.15, -0.1) is 0 Å². The number of piperazine rings is 1. The molecule has 19 heavy (non-hydrogen) atoms. The Bertz CT molecular complexity index is 254. The SMILES string of the molecule is CCC1CNC(C(C)(C)C)CN1C(C)CCC(C)C. The zero-order chi connectivity index (χ0) is 14.6. The van der Waals surface area contributed by atoms with Gasteiger partial charge in [-0.2, -0.15) is 0 Å². The van der Waals surface area contributed by atoms with E-state index in [1.807, 2.05) is 0 Å². The van der Waals surface area contributed by atoms with Gasteiger partial charge >= 0.3 is 0 Å². The fraction of sp³-hybridized carbons (Fsp3) is 1.00. The van der Waals surface area contributed by atoms with Crippen LogP contribution in [0.15, 0.2) is 0 Å². The van der Waals surface area contributed by atoms with Crippen molar-refractivity contribution in [2.75, 3.05) is 13.1 Å². The van der Waals surface area contributed by atoms with Gasteiger partial charge < -0.3 is 5.32 Å². The Morgan fingerprint density at radius 1 is 1.16 bits per heavy atom. The monoisotopic (exact) mass is 268 g/mol. The molecule has 0 amide bonds. The summed E-state index contributed by atoms with van der Waals surface area (Å²) in [6.45, 7) is 18.9. The van der Waals surface area contributed by atoms with Crippen LogP contribution in [-0.2, 0) is 0 Å². The Balaban J connectivity index is 2.64. The summed E-state index contributed by atoms with van der Waals surface area (Å²) >= 11 is 0. The minimum atomic E-state index is 0.356. The van der Waals surface area contributed by atoms with Crippen LogP contribution >= 0.6 is 0 Å². The zero-order valence-electron chi connectivity index (χ0n) is 14.3. The molecule has 0 saturated carbocycles. The molecule has 1 aliphatic rings. The standard InChI is InChI=1S/C17H36N2/c1-8-15-11-18-16(17(5,6)7)12-19(15)14(4)10-9-13(2)3/h13-16,18H,8-12H2,1-7H3. The molecule has 1 heterocycles. The first-order chi connectivity index (χ1) is 8.75. The lowest BCUT2D eigenvalue weighted by Crippen LogP contribution is -2.62. The van der Waals surface area contributed by atoms with Crippen molar-refractivity contribution in [1.82, 2.24) is 10.2 Å². The number of rotatable bonds is 5. The van der Waals surface area contributed by atoms with Crippen molar-refractivity contribution < 1.29 is 0 Å². The first kappa shape index (κ1) is 17.0. The molecule has 3 unspecified atom stereocenters. The van der Waals surface area contributed by atoms with Gasteiger partial charge in [0.1, 0.15) is 0 Å². The molecular formula is C17H36N2. The van der Waals surface area contributed by atoms with E-state index >= 15 is 0 Å². The average molecular weight is 268 g/mol. The second-order valence-electron chi connectivity index (χ2n) is 7.91. The topological polar surface area (TPSA) is 15.3 Å². The van der Waals surface area contributed by atoms with E-state index in [2.05, 4.69) is 58.7 Å². The Kier molecular flexibility index (Phi) is 6.32. The van der Waals surface area contributed by atoms with Gasteiger partial charge in [0.05, 0.1) is 0 Å². The fourth-order valence-corrected chi connectivity index (χ4v) is 3.06. The van der Waals surface area contributed by atoms with Crippen molar-refractivity contribution in [2.24, 2.45) is 11.3 Å². The van der Waals surface area contributed by atoms with Gasteiger partial charge in [-0.3, -0.25) is 4.90 Å². The summed E-state index contributed by atoms with van der Waals surface area (Å²) in [5.74, 6) is 0.823. The lowest BCUT2D eigenvalue weighted by molar-refractivity contribution is 0.0487. The number of nitrogens with one attached hydrogen (secondary N) is 1. The van der Waals surface area contributed by atoms with Gasteiger partial charge in [-0.05, 0) is 37.5 Å². The van der Waals surface area contributed by atoms with Crippen LogP contribution in [0.4, 0.5) is 0 Å². The number of nitrogens with zero attached hydrogens (tertiary/aromatic N) is 1. The first-order valence-corrected chi connectivity index (χ1v) is 8.24. The second kappa shape index (κ2) is 7.08. The van der Waals surface area contributed by atoms with Gasteiger partial charge in [0.25, 0.3) is 0 Å². The van der Waals surface area contributed by atoms with Crippen LogP contribution < -0.4 is 5.32 Å². The smallest absolute Gasteiger partial charge is 0.0244 e. The molecule has 1 N–H and O–H groups in total. The van der Waals surface area contributed by atoms with Crippen molar-refractivity contribution in [3.05, 3.63) is 0 Å². The molecule has 114 valence electrons. The highest BCUT2D eigenvalue weighted by molar-refractivity contribution is 4.93. The van der Waals surface area contributed by atoms with E-state index in [1.165, 1.54) is 25.8 Å². The predicted octanol–water partition coefficient (Wildman–Crippen LogP) is 3.91. The van der Waals surface area contributed by atoms with E-state index in [0.717, 1.165) is 24.5 Å². The molecular weight excluding hydrogens is 232 g/mol. The van der Waals surface area contributed by atoms with Gasteiger partial charge in [-0.25, -0.2) is 0 Å². The minimum Gasteiger partial charge on any atom is -0.311 e. The Labute approximate surface area is 121 Å². The Morgan fingerprint density at radius 2 is 1.79 bits per heavy atom. The minimum absolute atomic E-state index is 0.356. The van der Waals surface area contributed by atoms with Crippen LogP contribution in [0.25, 0.3) is 0 Å². The zero-order valence-corrected chi connectivity index (χ0v) is 14.3. The van der Waals surface area contributed by atoms with Crippen LogP contribution in [0, 0.1) is 11.3 Å². The molecule has 3 atom stereocenters. The summed E-state index contributed by atoms with van der Waals surface area (Å²) in [6, 6.07) is 2.07. The van der Waals surface area contributed by atoms with Gasteiger partial charge in [-0.1, -0.05) is 41.5 Å². The maximum Gasteiger partial charge on any atom is 0.0244 e. The molecule has 0 bridgehead atoms. The Morgan fingerprint density at radius 3 is 2.26 bits per heavy atom. The van der Waals surface area contributed by atoms with Gasteiger partial charge in [0.15, 0.2) is 0 Å². The van der Waals surface area contributed by atoms with Crippen LogP contribution in [0.5, 0.6) is 0 Å². The van der Waals surface area contributed by atoms with Crippen molar-refractivity contribution in [1.29, 1.82) is 0 Å². The summed E-state index contributed by atoms with van der Waals surface area (Å²) in [6.07, 6.45) is 3.95. The molecule has 0 aromatic heterocycles. The second-order valence-corrected chi connectivity index (χ2v) is 7.91. The van der Waals surface area contributed by atoms with Crippen LogP contribution in [0.3, 0.4) is 0 Å². The third-order valence-corrected chi connectivity index (χ3v) is 4.71. The lowest BCUT2D eigenvalue weighted by Gasteiger charge is -2.47. The van der Waals surface area contributed by atoms with Crippen molar-refractivity contribution in [3.8, 4) is 0 Å². The molecule has 0 aromatic carbocycles. The molecule has 2 heteroatoms. The van der Waals surface area contributed by atoms with Gasteiger partial charge in [0, 0.05) is 31.2 Å². The normalized spacial score (nSPS) is 27.8. The molecule has 0 aliphatic carbocycles. The van der Waals surface area contributed by atoms with Crippen LogP contribution in [-0.4, -0.2) is 36.1 Å². The summed E-state index contributed by atoms with van der Waals surface area (Å²) in [5, 5.41) is 3.77. The van der Waals surface area contributed by atoms with Gasteiger partial charge in [0.2, 0.25) is 0 Å². The molecule has 1 rings (SSSR count). The third-order valence-electron chi connectivity index (χ3n) is 4.71. The molecule has 1 fully saturated rings. The van der Waals surface area contributed by atoms with Crippen molar-refractivity contribution in [2.45, 2.75) is 85.9 Å². The highest BCUT2D eigenvalue weighted by Gasteiger charge is 2.35. The number of hydrogen-bond acceptors (Lipinski definition) is 2. The molecule has 0 aromatic rings. The summed E-state index contributed by atoms with van der Waals surface area (Å²) in [7, 11) is 0. The van der Waals surface area contributed by atoms with Crippen molar-refractivity contribution in [3.63, 3.8) is 0 Å². The van der Waals surface area contributed by atoms with E-state index in [-0.39, 0.29) is 0 Å². The maximum atomic E-state index is 3.77. The lowest BCUT2D eigenvalue weighted by atomic mass is 9.84. The van der Waals surface area contributed by atoms with Crippen LogP contribution in [0.1, 0.15) is 67.7 Å². The molecule has 1 aliphatic heterocycles. The fourth-order valence-electron chi connectivity index (χ4n) is 3.06. The predicted molar refractivity (Wildman–Crippen MR) is 85.6 cm³/mol. The summed E-state index contributed by atoms with van der Waals surface area (Å²) in [4.78, 5) is 2.77. The Hall–Kier alpha value is -0.0800. The maximum absolute atomic E-state index is 3.77. The highest BCUT2D eigenvalue weighted by Crippen LogP contribution is 2.26. The molecule has 2 nitrogen and oxygen atoms in total. The van der Waals surface area contributed by atoms with E-state index in [0.29, 0.717) is 11.5 Å². The van der Waals surface area contributed by atoms with E-state index in [4.69, 9.17) is 0 Å². The van der Waals surface area contributed by atoms with Crippen molar-refractivity contribution >= 4 is 0 Å². The molecule has 1 saturated heterocycles. The molecule has 0 spiro atoms. The van der Waals surface area contributed by atoms with E-state index in [1.54, 1.807) is 0 Å².